The molecule has 98 valence electrons. The Balaban J connectivity index is 2.41. The third kappa shape index (κ3) is 3.14. The summed E-state index contributed by atoms with van der Waals surface area (Å²) in [5.74, 6) is 0. The number of aromatic nitrogens is 1. The summed E-state index contributed by atoms with van der Waals surface area (Å²) in [7, 11) is 0. The number of rotatable bonds is 4. The highest BCUT2D eigenvalue weighted by Gasteiger charge is 2.34. The van der Waals surface area contributed by atoms with Crippen LogP contribution < -0.4 is 0 Å². The Kier molecular flexibility index (Phi) is 4.23. The van der Waals surface area contributed by atoms with Gasteiger partial charge in [-0.05, 0) is 54.3 Å². The molecule has 0 fully saturated rings. The summed E-state index contributed by atoms with van der Waals surface area (Å²) in [5.41, 5.74) is 0.956. The molecule has 4 heteroatoms. The van der Waals surface area contributed by atoms with Gasteiger partial charge in [-0.1, -0.05) is 29.8 Å². The molecule has 1 unspecified atom stereocenters. The Labute approximate surface area is 122 Å². The summed E-state index contributed by atoms with van der Waals surface area (Å²) in [5, 5.41) is 0.187. The standard InChI is InChI=1S/C15H13Cl2NO/c1-15(14(17)19,9-11-4-3-7-18-10-11)12-5-2-6-13(16)8-12/h2-8,10H,9H2,1H3. The summed E-state index contributed by atoms with van der Waals surface area (Å²) in [6.45, 7) is 1.82. The van der Waals surface area contributed by atoms with Crippen LogP contribution in [0, 0.1) is 0 Å². The topological polar surface area (TPSA) is 30.0 Å². The van der Waals surface area contributed by atoms with Crippen LogP contribution in [0.5, 0.6) is 0 Å². The largest absolute Gasteiger partial charge is 0.280 e. The Morgan fingerprint density at radius 1 is 1.32 bits per heavy atom. The molecular weight excluding hydrogens is 281 g/mol. The predicted molar refractivity (Wildman–Crippen MR) is 77.6 cm³/mol. The van der Waals surface area contributed by atoms with Crippen LogP contribution in [-0.4, -0.2) is 10.2 Å². The van der Waals surface area contributed by atoms with Crippen LogP contribution in [0.1, 0.15) is 18.1 Å². The number of pyridine rings is 1. The van der Waals surface area contributed by atoms with E-state index in [9.17, 15) is 4.79 Å². The lowest BCUT2D eigenvalue weighted by molar-refractivity contribution is -0.116. The van der Waals surface area contributed by atoms with Gasteiger partial charge in [0.2, 0.25) is 5.24 Å². The number of carbonyl (C=O) groups is 1. The van der Waals surface area contributed by atoms with E-state index in [1.165, 1.54) is 0 Å². The fraction of sp³-hybridized carbons (Fsp3) is 0.200. The van der Waals surface area contributed by atoms with Gasteiger partial charge in [0.15, 0.2) is 0 Å². The quantitative estimate of drug-likeness (QED) is 0.798. The molecule has 0 radical (unpaired) electrons. The number of hydrogen-bond acceptors (Lipinski definition) is 2. The minimum Gasteiger partial charge on any atom is -0.280 e. The van der Waals surface area contributed by atoms with Gasteiger partial charge >= 0.3 is 0 Å². The van der Waals surface area contributed by atoms with Crippen molar-refractivity contribution in [1.82, 2.24) is 4.98 Å². The zero-order valence-corrected chi connectivity index (χ0v) is 11.9. The van der Waals surface area contributed by atoms with Crippen LogP contribution in [-0.2, 0) is 16.6 Å². The molecule has 2 aromatic rings. The Morgan fingerprint density at radius 3 is 2.68 bits per heavy atom. The highest BCUT2D eigenvalue weighted by molar-refractivity contribution is 6.65. The molecule has 1 aromatic heterocycles. The van der Waals surface area contributed by atoms with Gasteiger partial charge in [-0.25, -0.2) is 0 Å². The normalized spacial score (nSPS) is 13.8. The first-order valence-corrected chi connectivity index (χ1v) is 6.63. The van der Waals surface area contributed by atoms with Gasteiger partial charge in [0.25, 0.3) is 0 Å². The van der Waals surface area contributed by atoms with Crippen molar-refractivity contribution in [2.45, 2.75) is 18.8 Å². The second-order valence-electron chi connectivity index (χ2n) is 4.65. The minimum atomic E-state index is -0.810. The fourth-order valence-corrected chi connectivity index (χ4v) is 2.39. The fourth-order valence-electron chi connectivity index (χ4n) is 2.03. The molecule has 19 heavy (non-hydrogen) atoms. The molecule has 1 aromatic carbocycles. The maximum Gasteiger partial charge on any atom is 0.232 e. The first kappa shape index (κ1) is 14.0. The summed E-state index contributed by atoms with van der Waals surface area (Å²) in [6.07, 6.45) is 3.93. The molecule has 0 spiro atoms. The SMILES string of the molecule is CC(Cc1cccnc1)(C(=O)Cl)c1cccc(Cl)c1. The lowest BCUT2D eigenvalue weighted by Crippen LogP contribution is -2.31. The molecule has 0 N–H and O–H groups in total. The van der Waals surface area contributed by atoms with Crippen LogP contribution in [0.15, 0.2) is 48.8 Å². The van der Waals surface area contributed by atoms with Gasteiger partial charge in [-0.15, -0.1) is 0 Å². The summed E-state index contributed by atoms with van der Waals surface area (Å²) in [6, 6.07) is 11.0. The van der Waals surface area contributed by atoms with Crippen molar-refractivity contribution in [2.24, 2.45) is 0 Å². The van der Waals surface area contributed by atoms with Gasteiger partial charge in [-0.3, -0.25) is 9.78 Å². The van der Waals surface area contributed by atoms with Gasteiger partial charge < -0.3 is 0 Å². The van der Waals surface area contributed by atoms with Crippen molar-refractivity contribution in [3.05, 3.63) is 64.9 Å². The molecule has 0 saturated carbocycles. The van der Waals surface area contributed by atoms with Crippen LogP contribution in [0.25, 0.3) is 0 Å². The van der Waals surface area contributed by atoms with Crippen molar-refractivity contribution in [1.29, 1.82) is 0 Å². The maximum absolute atomic E-state index is 11.9. The number of halogens is 2. The highest BCUT2D eigenvalue weighted by atomic mass is 35.5. The molecule has 2 nitrogen and oxygen atoms in total. The average molecular weight is 294 g/mol. The minimum absolute atomic E-state index is 0.404. The number of nitrogens with zero attached hydrogens (tertiary/aromatic N) is 1. The summed E-state index contributed by atoms with van der Waals surface area (Å²) < 4.78 is 0. The zero-order chi connectivity index (χ0) is 13.9. The van der Waals surface area contributed by atoms with Crippen molar-refractivity contribution < 1.29 is 4.79 Å². The Morgan fingerprint density at radius 2 is 2.11 bits per heavy atom. The average Bonchev–Trinajstić information content (AvgIpc) is 2.39. The number of benzene rings is 1. The monoisotopic (exact) mass is 293 g/mol. The van der Waals surface area contributed by atoms with Crippen LogP contribution >= 0.6 is 23.2 Å². The first-order valence-electron chi connectivity index (χ1n) is 5.87. The van der Waals surface area contributed by atoms with Crippen LogP contribution in [0.3, 0.4) is 0 Å². The molecule has 0 bridgehead atoms. The van der Waals surface area contributed by atoms with Crippen molar-refractivity contribution in [3.8, 4) is 0 Å². The van der Waals surface area contributed by atoms with Gasteiger partial charge in [0, 0.05) is 17.4 Å². The second-order valence-corrected chi connectivity index (χ2v) is 5.43. The van der Waals surface area contributed by atoms with Gasteiger partial charge in [-0.2, -0.15) is 0 Å². The van der Waals surface area contributed by atoms with E-state index in [0.717, 1.165) is 11.1 Å². The first-order chi connectivity index (χ1) is 9.02. The van der Waals surface area contributed by atoms with Gasteiger partial charge in [0.1, 0.15) is 0 Å². The molecule has 0 aliphatic heterocycles. The smallest absolute Gasteiger partial charge is 0.232 e. The maximum atomic E-state index is 11.9. The lowest BCUT2D eigenvalue weighted by Gasteiger charge is -2.26. The van der Waals surface area contributed by atoms with Crippen molar-refractivity contribution in [3.63, 3.8) is 0 Å². The van der Waals surface area contributed by atoms with E-state index >= 15 is 0 Å². The molecular formula is C15H13Cl2NO. The molecule has 1 atom stereocenters. The molecule has 2 rings (SSSR count). The molecule has 1 heterocycles. The Bertz CT molecular complexity index is 586. The zero-order valence-electron chi connectivity index (χ0n) is 10.4. The molecule has 0 amide bonds. The van der Waals surface area contributed by atoms with E-state index in [0.29, 0.717) is 11.4 Å². The molecule has 0 aliphatic carbocycles. The highest BCUT2D eigenvalue weighted by Crippen LogP contribution is 2.32. The van der Waals surface area contributed by atoms with Crippen molar-refractivity contribution in [2.75, 3.05) is 0 Å². The molecule has 0 aliphatic rings. The predicted octanol–water partition coefficient (Wildman–Crippen LogP) is 4.00. The van der Waals surface area contributed by atoms with E-state index in [1.807, 2.05) is 31.2 Å². The third-order valence-corrected chi connectivity index (χ3v) is 3.83. The van der Waals surface area contributed by atoms with E-state index in [-0.39, 0.29) is 0 Å². The molecule has 0 saturated heterocycles. The number of hydrogen-bond donors (Lipinski definition) is 0. The van der Waals surface area contributed by atoms with Gasteiger partial charge in [0.05, 0.1) is 5.41 Å². The van der Waals surface area contributed by atoms with E-state index < -0.39 is 10.7 Å². The second kappa shape index (κ2) is 5.72. The lowest BCUT2D eigenvalue weighted by atomic mass is 9.79. The Hall–Kier alpha value is -1.38. The summed E-state index contributed by atoms with van der Waals surface area (Å²) >= 11 is 11.8. The summed E-state index contributed by atoms with van der Waals surface area (Å²) in [4.78, 5) is 15.9. The van der Waals surface area contributed by atoms with E-state index in [4.69, 9.17) is 23.2 Å². The third-order valence-electron chi connectivity index (χ3n) is 3.18. The van der Waals surface area contributed by atoms with E-state index in [2.05, 4.69) is 4.98 Å². The number of carbonyl (C=O) groups excluding carboxylic acids is 1. The van der Waals surface area contributed by atoms with Crippen LogP contribution in [0.4, 0.5) is 0 Å². The van der Waals surface area contributed by atoms with E-state index in [1.54, 1.807) is 24.5 Å². The van der Waals surface area contributed by atoms with Crippen molar-refractivity contribution >= 4 is 28.4 Å². The van der Waals surface area contributed by atoms with Crippen LogP contribution in [0.2, 0.25) is 5.02 Å².